The van der Waals surface area contributed by atoms with Crippen LogP contribution in [0.15, 0.2) is 53.6 Å². The third kappa shape index (κ3) is 4.69. The van der Waals surface area contributed by atoms with Crippen molar-refractivity contribution in [3.05, 3.63) is 70.4 Å². The van der Waals surface area contributed by atoms with Gasteiger partial charge in [-0.05, 0) is 17.7 Å². The van der Waals surface area contributed by atoms with Crippen LogP contribution >= 0.6 is 0 Å². The predicted octanol–water partition coefficient (Wildman–Crippen LogP) is 1.71. The molecule has 7 heteroatoms. The minimum Gasteiger partial charge on any atom is -0.379 e. The number of ether oxygens (including phenoxy) is 1. The van der Waals surface area contributed by atoms with Crippen LogP contribution in [0.1, 0.15) is 11.3 Å². The monoisotopic (exact) mass is 365 g/mol. The van der Waals surface area contributed by atoms with E-state index in [2.05, 4.69) is 32.1 Å². The average Bonchev–Trinajstić information content (AvgIpc) is 3.21. The van der Waals surface area contributed by atoms with E-state index in [0.717, 1.165) is 44.1 Å². The van der Waals surface area contributed by atoms with Gasteiger partial charge in [0, 0.05) is 56.6 Å². The lowest BCUT2D eigenvalue weighted by atomic mass is 10.1. The van der Waals surface area contributed by atoms with Crippen LogP contribution in [-0.4, -0.2) is 51.0 Å². The summed E-state index contributed by atoms with van der Waals surface area (Å²) in [7, 11) is 0. The molecule has 0 unspecified atom stereocenters. The fraction of sp³-hybridized carbons (Fsp3) is 0.350. The topological polar surface area (TPSA) is 76.0 Å². The zero-order chi connectivity index (χ0) is 18.5. The number of H-pyrrole nitrogens is 1. The second kappa shape index (κ2) is 8.28. The van der Waals surface area contributed by atoms with Crippen LogP contribution in [0.25, 0.3) is 11.4 Å². The zero-order valence-corrected chi connectivity index (χ0v) is 15.2. The summed E-state index contributed by atoms with van der Waals surface area (Å²) in [6.45, 7) is 5.03. The molecule has 27 heavy (non-hydrogen) atoms. The maximum absolute atomic E-state index is 12.1. The third-order valence-corrected chi connectivity index (χ3v) is 4.66. The lowest BCUT2D eigenvalue weighted by molar-refractivity contribution is 0.0342. The molecule has 0 radical (unpaired) electrons. The zero-order valence-electron chi connectivity index (χ0n) is 15.2. The Morgan fingerprint density at radius 2 is 2.04 bits per heavy atom. The lowest BCUT2D eigenvalue weighted by Crippen LogP contribution is -2.35. The van der Waals surface area contributed by atoms with Crippen molar-refractivity contribution in [3.8, 4) is 11.4 Å². The number of nitrogens with zero attached hydrogens (tertiary/aromatic N) is 4. The molecule has 1 aromatic carbocycles. The number of morpholine rings is 1. The summed E-state index contributed by atoms with van der Waals surface area (Å²) in [5.41, 5.74) is 2.77. The molecule has 1 N–H and O–H groups in total. The molecule has 4 rings (SSSR count). The van der Waals surface area contributed by atoms with Crippen LogP contribution in [0.4, 0.5) is 0 Å². The van der Waals surface area contributed by atoms with Gasteiger partial charge in [-0.2, -0.15) is 5.10 Å². The summed E-state index contributed by atoms with van der Waals surface area (Å²) in [5.74, 6) is 0.613. The largest absolute Gasteiger partial charge is 0.379 e. The van der Waals surface area contributed by atoms with Crippen molar-refractivity contribution in [3.63, 3.8) is 0 Å². The normalized spacial score (nSPS) is 15.1. The smallest absolute Gasteiger partial charge is 0.251 e. The van der Waals surface area contributed by atoms with E-state index in [-0.39, 0.29) is 5.56 Å². The number of aromatic amines is 1. The van der Waals surface area contributed by atoms with Crippen molar-refractivity contribution in [2.75, 3.05) is 26.3 Å². The van der Waals surface area contributed by atoms with Gasteiger partial charge in [0.1, 0.15) is 5.82 Å². The Kier molecular flexibility index (Phi) is 5.41. The highest BCUT2D eigenvalue weighted by molar-refractivity contribution is 5.56. The molecule has 2 aromatic heterocycles. The number of aryl methyl sites for hydroxylation is 2. The second-order valence-corrected chi connectivity index (χ2v) is 6.69. The van der Waals surface area contributed by atoms with Crippen LogP contribution in [0.3, 0.4) is 0 Å². The molecule has 1 saturated heterocycles. The SMILES string of the molecule is O=c1cc(CCn2cccn2)nc(-c2cccc(CN3CCOCC3)c2)[nH]1. The Balaban J connectivity index is 1.51. The number of hydrogen-bond donors (Lipinski definition) is 1. The minimum atomic E-state index is -0.131. The highest BCUT2D eigenvalue weighted by atomic mass is 16.5. The van der Waals surface area contributed by atoms with Gasteiger partial charge in [-0.25, -0.2) is 4.98 Å². The molecule has 0 bridgehead atoms. The summed E-state index contributed by atoms with van der Waals surface area (Å²) in [4.78, 5) is 22.0. The van der Waals surface area contributed by atoms with Gasteiger partial charge in [-0.15, -0.1) is 0 Å². The Bertz CT molecular complexity index is 930. The van der Waals surface area contributed by atoms with Crippen molar-refractivity contribution in [1.82, 2.24) is 24.6 Å². The van der Waals surface area contributed by atoms with Gasteiger partial charge < -0.3 is 9.72 Å². The molecule has 0 aliphatic carbocycles. The van der Waals surface area contributed by atoms with Gasteiger partial charge >= 0.3 is 0 Å². The summed E-state index contributed by atoms with van der Waals surface area (Å²) in [6.07, 6.45) is 4.31. The van der Waals surface area contributed by atoms with E-state index in [1.165, 1.54) is 5.56 Å². The quantitative estimate of drug-likeness (QED) is 0.720. The van der Waals surface area contributed by atoms with Crippen LogP contribution in [0.5, 0.6) is 0 Å². The molecule has 140 valence electrons. The molecule has 0 amide bonds. The van der Waals surface area contributed by atoms with Crippen LogP contribution in [0, 0.1) is 0 Å². The second-order valence-electron chi connectivity index (χ2n) is 6.69. The maximum Gasteiger partial charge on any atom is 0.251 e. The van der Waals surface area contributed by atoms with Gasteiger partial charge in [0.05, 0.1) is 18.9 Å². The van der Waals surface area contributed by atoms with Gasteiger partial charge in [-0.1, -0.05) is 18.2 Å². The van der Waals surface area contributed by atoms with Crippen LogP contribution in [0.2, 0.25) is 0 Å². The molecule has 1 fully saturated rings. The highest BCUT2D eigenvalue weighted by Gasteiger charge is 2.12. The van der Waals surface area contributed by atoms with Gasteiger partial charge in [0.15, 0.2) is 0 Å². The summed E-state index contributed by atoms with van der Waals surface area (Å²) < 4.78 is 7.25. The summed E-state index contributed by atoms with van der Waals surface area (Å²) in [6, 6.07) is 11.7. The number of hydrogen-bond acceptors (Lipinski definition) is 5. The first-order valence-electron chi connectivity index (χ1n) is 9.23. The number of aromatic nitrogens is 4. The molecule has 7 nitrogen and oxygen atoms in total. The average molecular weight is 365 g/mol. The Morgan fingerprint density at radius 3 is 2.85 bits per heavy atom. The van der Waals surface area contributed by atoms with E-state index >= 15 is 0 Å². The van der Waals surface area contributed by atoms with Gasteiger partial charge in [0.2, 0.25) is 0 Å². The van der Waals surface area contributed by atoms with Crippen molar-refractivity contribution in [2.45, 2.75) is 19.5 Å². The maximum atomic E-state index is 12.1. The first-order valence-corrected chi connectivity index (χ1v) is 9.23. The Hall–Kier alpha value is -2.77. The molecule has 0 atom stereocenters. The first-order chi connectivity index (χ1) is 13.3. The first kappa shape index (κ1) is 17.6. The fourth-order valence-electron chi connectivity index (χ4n) is 3.27. The lowest BCUT2D eigenvalue weighted by Gasteiger charge is -2.26. The predicted molar refractivity (Wildman–Crippen MR) is 102 cm³/mol. The van der Waals surface area contributed by atoms with E-state index in [1.54, 1.807) is 12.3 Å². The van der Waals surface area contributed by atoms with Crippen molar-refractivity contribution >= 4 is 0 Å². The minimum absolute atomic E-state index is 0.131. The summed E-state index contributed by atoms with van der Waals surface area (Å²) >= 11 is 0. The van der Waals surface area contributed by atoms with Crippen LogP contribution < -0.4 is 5.56 Å². The molecule has 1 aliphatic rings. The highest BCUT2D eigenvalue weighted by Crippen LogP contribution is 2.17. The van der Waals surface area contributed by atoms with E-state index < -0.39 is 0 Å². The standard InChI is InChI=1S/C20H23N5O2/c26-19-14-18(5-8-25-7-2-6-21-25)22-20(23-19)17-4-1-3-16(13-17)15-24-9-11-27-12-10-24/h1-4,6-7,13-14H,5,8-12,15H2,(H,22,23,26). The summed E-state index contributed by atoms with van der Waals surface area (Å²) in [5, 5.41) is 4.19. The number of benzene rings is 1. The molecule has 1 aliphatic heterocycles. The van der Waals surface area contributed by atoms with Crippen molar-refractivity contribution in [2.24, 2.45) is 0 Å². The van der Waals surface area contributed by atoms with E-state index in [9.17, 15) is 4.79 Å². The third-order valence-electron chi connectivity index (χ3n) is 4.66. The molecule has 3 aromatic rings. The van der Waals surface area contributed by atoms with Crippen LogP contribution in [-0.2, 0) is 24.2 Å². The molecule has 0 saturated carbocycles. The van der Waals surface area contributed by atoms with Crippen molar-refractivity contribution < 1.29 is 4.74 Å². The van der Waals surface area contributed by atoms with Gasteiger partial charge in [0.25, 0.3) is 5.56 Å². The van der Waals surface area contributed by atoms with Crippen molar-refractivity contribution in [1.29, 1.82) is 0 Å². The molecular weight excluding hydrogens is 342 g/mol. The molecule has 3 heterocycles. The van der Waals surface area contributed by atoms with E-state index in [0.29, 0.717) is 18.8 Å². The fourth-order valence-corrected chi connectivity index (χ4v) is 3.27. The Labute approximate surface area is 157 Å². The number of rotatable bonds is 6. The molecular formula is C20H23N5O2. The molecule has 0 spiro atoms. The van der Waals surface area contributed by atoms with E-state index in [1.807, 2.05) is 29.1 Å². The van der Waals surface area contributed by atoms with Gasteiger partial charge in [-0.3, -0.25) is 14.4 Å². The van der Waals surface area contributed by atoms with E-state index in [4.69, 9.17) is 4.74 Å². The Morgan fingerprint density at radius 1 is 1.15 bits per heavy atom. The number of nitrogens with one attached hydrogen (secondary N) is 1.